The zero-order chi connectivity index (χ0) is 18.5. The number of nitrogens with zero attached hydrogens (tertiary/aromatic N) is 5. The Morgan fingerprint density at radius 1 is 1.31 bits per heavy atom. The molecule has 3 N–H and O–H groups in total. The van der Waals surface area contributed by atoms with Crippen LogP contribution < -0.4 is 11.1 Å². The van der Waals surface area contributed by atoms with Gasteiger partial charge in [-0.05, 0) is 31.2 Å². The number of nitrogen functional groups attached to an aromatic ring is 1. The van der Waals surface area contributed by atoms with Gasteiger partial charge in [0.05, 0.1) is 12.2 Å². The number of anilines is 1. The number of benzene rings is 1. The van der Waals surface area contributed by atoms with Gasteiger partial charge in [-0.25, -0.2) is 14.6 Å². The number of nitrogens with one attached hydrogen (secondary N) is 1. The lowest BCUT2D eigenvalue weighted by molar-refractivity contribution is 0.0954. The highest BCUT2D eigenvalue weighted by atomic mass is 35.5. The maximum absolute atomic E-state index is 12.0. The minimum atomic E-state index is -0.154. The van der Waals surface area contributed by atoms with E-state index in [9.17, 15) is 4.79 Å². The Morgan fingerprint density at radius 3 is 2.81 bits per heavy atom. The second-order valence-electron chi connectivity index (χ2n) is 5.75. The third kappa shape index (κ3) is 4.54. The molecule has 1 amide bonds. The van der Waals surface area contributed by atoms with E-state index < -0.39 is 0 Å². The average Bonchev–Trinajstić information content (AvgIpc) is 3.05. The molecule has 0 aliphatic rings. The van der Waals surface area contributed by atoms with Crippen molar-refractivity contribution in [2.45, 2.75) is 19.9 Å². The fourth-order valence-corrected chi connectivity index (χ4v) is 2.47. The highest BCUT2D eigenvalue weighted by molar-refractivity contribution is 6.30. The quantitative estimate of drug-likeness (QED) is 0.681. The van der Waals surface area contributed by atoms with Crippen LogP contribution in [-0.4, -0.2) is 37.4 Å². The molecular weight excluding hydrogens is 354 g/mol. The molecular formula is C17H18ClN7O. The number of amides is 1. The molecule has 0 aliphatic heterocycles. The minimum Gasteiger partial charge on any atom is -0.383 e. The summed E-state index contributed by atoms with van der Waals surface area (Å²) >= 11 is 5.81. The summed E-state index contributed by atoms with van der Waals surface area (Å²) in [5.41, 5.74) is 8.00. The van der Waals surface area contributed by atoms with Crippen LogP contribution >= 0.6 is 11.6 Å². The van der Waals surface area contributed by atoms with Crippen molar-refractivity contribution in [2.75, 3.05) is 12.3 Å². The van der Waals surface area contributed by atoms with Gasteiger partial charge in [0.2, 0.25) is 0 Å². The SMILES string of the molecule is Cc1ncc(Cn2cc(CCNC(=O)c3ccc(Cl)cc3)nn2)c(N)n1. The molecule has 3 aromatic rings. The van der Waals surface area contributed by atoms with Crippen molar-refractivity contribution in [3.05, 3.63) is 64.3 Å². The van der Waals surface area contributed by atoms with Crippen LogP contribution in [0.5, 0.6) is 0 Å². The molecule has 0 saturated heterocycles. The van der Waals surface area contributed by atoms with E-state index in [0.717, 1.165) is 11.3 Å². The molecule has 0 unspecified atom stereocenters. The van der Waals surface area contributed by atoms with E-state index in [1.807, 2.05) is 6.20 Å². The number of carbonyl (C=O) groups is 1. The van der Waals surface area contributed by atoms with Gasteiger partial charge in [0.25, 0.3) is 5.91 Å². The van der Waals surface area contributed by atoms with Gasteiger partial charge in [-0.3, -0.25) is 4.79 Å². The summed E-state index contributed by atoms with van der Waals surface area (Å²) in [5, 5.41) is 11.6. The summed E-state index contributed by atoms with van der Waals surface area (Å²) < 4.78 is 1.67. The second kappa shape index (κ2) is 7.92. The van der Waals surface area contributed by atoms with Crippen LogP contribution in [-0.2, 0) is 13.0 Å². The monoisotopic (exact) mass is 371 g/mol. The van der Waals surface area contributed by atoms with Crippen LogP contribution in [0.2, 0.25) is 5.02 Å². The van der Waals surface area contributed by atoms with Gasteiger partial charge in [-0.15, -0.1) is 5.10 Å². The average molecular weight is 372 g/mol. The fraction of sp³-hybridized carbons (Fsp3) is 0.235. The van der Waals surface area contributed by atoms with Gasteiger partial charge >= 0.3 is 0 Å². The van der Waals surface area contributed by atoms with Gasteiger partial charge in [0.1, 0.15) is 11.6 Å². The second-order valence-corrected chi connectivity index (χ2v) is 6.18. The molecule has 26 heavy (non-hydrogen) atoms. The van der Waals surface area contributed by atoms with E-state index in [0.29, 0.717) is 41.7 Å². The Kier molecular flexibility index (Phi) is 5.43. The Morgan fingerprint density at radius 2 is 2.08 bits per heavy atom. The Balaban J connectivity index is 1.52. The normalized spacial score (nSPS) is 10.7. The first-order valence-electron chi connectivity index (χ1n) is 8.02. The molecule has 8 nitrogen and oxygen atoms in total. The molecule has 3 rings (SSSR count). The van der Waals surface area contributed by atoms with E-state index in [1.54, 1.807) is 42.1 Å². The number of rotatable bonds is 6. The van der Waals surface area contributed by atoms with Crippen LogP contribution in [0.4, 0.5) is 5.82 Å². The van der Waals surface area contributed by atoms with Crippen molar-refractivity contribution in [3.63, 3.8) is 0 Å². The predicted octanol–water partition coefficient (Wildman–Crippen LogP) is 1.63. The van der Waals surface area contributed by atoms with Crippen molar-refractivity contribution < 1.29 is 4.79 Å². The van der Waals surface area contributed by atoms with E-state index in [4.69, 9.17) is 17.3 Å². The molecule has 9 heteroatoms. The van der Waals surface area contributed by atoms with Crippen LogP contribution in [0.3, 0.4) is 0 Å². The van der Waals surface area contributed by atoms with Crippen LogP contribution in [0.15, 0.2) is 36.7 Å². The van der Waals surface area contributed by atoms with Gasteiger partial charge < -0.3 is 11.1 Å². The largest absolute Gasteiger partial charge is 0.383 e. The van der Waals surface area contributed by atoms with E-state index in [1.165, 1.54) is 0 Å². The zero-order valence-electron chi connectivity index (χ0n) is 14.2. The minimum absolute atomic E-state index is 0.154. The lowest BCUT2D eigenvalue weighted by atomic mass is 10.2. The number of carbonyl (C=O) groups excluding carboxylic acids is 1. The maximum atomic E-state index is 12.0. The van der Waals surface area contributed by atoms with Crippen molar-refractivity contribution in [1.82, 2.24) is 30.3 Å². The molecule has 0 saturated carbocycles. The van der Waals surface area contributed by atoms with Crippen molar-refractivity contribution in [3.8, 4) is 0 Å². The highest BCUT2D eigenvalue weighted by Crippen LogP contribution is 2.10. The Hall–Kier alpha value is -3.00. The first kappa shape index (κ1) is 17.8. The van der Waals surface area contributed by atoms with Gasteiger partial charge in [0.15, 0.2) is 0 Å². The molecule has 0 radical (unpaired) electrons. The third-order valence-corrected chi connectivity index (χ3v) is 3.96. The standard InChI is InChI=1S/C17H18ClN7O/c1-11-21-8-13(16(19)22-11)9-25-10-15(23-24-25)6-7-20-17(26)12-2-4-14(18)5-3-12/h2-5,8,10H,6-7,9H2,1H3,(H,20,26)(H2,19,21,22). The smallest absolute Gasteiger partial charge is 0.251 e. The number of hydrogen-bond acceptors (Lipinski definition) is 6. The number of halogens is 1. The predicted molar refractivity (Wildman–Crippen MR) is 97.8 cm³/mol. The summed E-state index contributed by atoms with van der Waals surface area (Å²) in [6.07, 6.45) is 4.07. The molecule has 2 aromatic heterocycles. The zero-order valence-corrected chi connectivity index (χ0v) is 14.9. The summed E-state index contributed by atoms with van der Waals surface area (Å²) in [5.74, 6) is 0.908. The number of hydrogen-bond donors (Lipinski definition) is 2. The molecule has 0 atom stereocenters. The summed E-state index contributed by atoms with van der Waals surface area (Å²) in [6, 6.07) is 6.73. The summed E-state index contributed by atoms with van der Waals surface area (Å²) in [7, 11) is 0. The lowest BCUT2D eigenvalue weighted by Crippen LogP contribution is -2.25. The van der Waals surface area contributed by atoms with Crippen molar-refractivity contribution in [2.24, 2.45) is 0 Å². The topological polar surface area (TPSA) is 112 Å². The highest BCUT2D eigenvalue weighted by Gasteiger charge is 2.08. The van der Waals surface area contributed by atoms with Gasteiger partial charge in [0, 0.05) is 41.5 Å². The number of aromatic nitrogens is 5. The number of nitrogens with two attached hydrogens (primary N) is 1. The molecule has 0 fully saturated rings. The fourth-order valence-electron chi connectivity index (χ4n) is 2.35. The molecule has 0 aliphatic carbocycles. The van der Waals surface area contributed by atoms with E-state index in [2.05, 4.69) is 25.6 Å². The summed E-state index contributed by atoms with van der Waals surface area (Å²) in [6.45, 7) is 2.68. The van der Waals surface area contributed by atoms with Crippen molar-refractivity contribution >= 4 is 23.3 Å². The molecule has 134 valence electrons. The number of aryl methyl sites for hydroxylation is 1. The van der Waals surface area contributed by atoms with Gasteiger partial charge in [-0.2, -0.15) is 0 Å². The van der Waals surface area contributed by atoms with E-state index >= 15 is 0 Å². The first-order valence-corrected chi connectivity index (χ1v) is 8.40. The Labute approximate surface area is 155 Å². The van der Waals surface area contributed by atoms with E-state index in [-0.39, 0.29) is 5.91 Å². The molecule has 1 aromatic carbocycles. The molecule has 0 spiro atoms. The first-order chi connectivity index (χ1) is 12.5. The van der Waals surface area contributed by atoms with Crippen LogP contribution in [0.1, 0.15) is 27.4 Å². The van der Waals surface area contributed by atoms with Gasteiger partial charge in [-0.1, -0.05) is 16.8 Å². The van der Waals surface area contributed by atoms with Crippen LogP contribution in [0, 0.1) is 6.92 Å². The Bertz CT molecular complexity index is 908. The summed E-state index contributed by atoms with van der Waals surface area (Å²) in [4.78, 5) is 20.3. The lowest BCUT2D eigenvalue weighted by Gasteiger charge is -2.04. The third-order valence-electron chi connectivity index (χ3n) is 3.71. The molecule has 0 bridgehead atoms. The molecule has 2 heterocycles. The maximum Gasteiger partial charge on any atom is 0.251 e. The van der Waals surface area contributed by atoms with Crippen LogP contribution in [0.25, 0.3) is 0 Å². The van der Waals surface area contributed by atoms with Crippen molar-refractivity contribution in [1.29, 1.82) is 0 Å².